The minimum absolute atomic E-state index is 0.0717. The fraction of sp³-hybridized carbons (Fsp3) is 0.435. The molecule has 1 fully saturated rings. The highest BCUT2D eigenvalue weighted by Gasteiger charge is 2.20. The van der Waals surface area contributed by atoms with Crippen LogP contribution in [0.2, 0.25) is 0 Å². The van der Waals surface area contributed by atoms with Gasteiger partial charge in [-0.1, -0.05) is 12.1 Å². The third-order valence-corrected chi connectivity index (χ3v) is 5.34. The molecule has 166 valence electrons. The van der Waals surface area contributed by atoms with Gasteiger partial charge in [-0.05, 0) is 43.2 Å². The number of nitrogens with zero attached hydrogens (tertiary/aromatic N) is 3. The summed E-state index contributed by atoms with van der Waals surface area (Å²) in [4.78, 5) is 27.1. The molecule has 0 atom stereocenters. The van der Waals surface area contributed by atoms with E-state index >= 15 is 0 Å². The number of carbonyl (C=O) groups excluding carboxylic acids is 1. The van der Waals surface area contributed by atoms with Crippen molar-refractivity contribution in [1.82, 2.24) is 9.80 Å². The van der Waals surface area contributed by atoms with Gasteiger partial charge in [-0.3, -0.25) is 19.8 Å². The number of anilines is 1. The number of nitrogens with one attached hydrogen (secondary N) is 1. The molecule has 1 saturated heterocycles. The summed E-state index contributed by atoms with van der Waals surface area (Å²) in [7, 11) is 0. The van der Waals surface area contributed by atoms with Crippen molar-refractivity contribution in [1.29, 1.82) is 0 Å². The lowest BCUT2D eigenvalue weighted by Crippen LogP contribution is -2.48. The number of hydrogen-bond acceptors (Lipinski definition) is 6. The van der Waals surface area contributed by atoms with E-state index in [9.17, 15) is 14.9 Å². The van der Waals surface area contributed by atoms with Gasteiger partial charge in [0.1, 0.15) is 5.75 Å². The highest BCUT2D eigenvalue weighted by atomic mass is 16.6. The number of hydrogen-bond donors (Lipinski definition) is 1. The van der Waals surface area contributed by atoms with Crippen LogP contribution in [-0.4, -0.2) is 60.0 Å². The number of ether oxygens (including phenoxy) is 1. The maximum atomic E-state index is 12.5. The number of piperazine rings is 1. The van der Waals surface area contributed by atoms with E-state index in [-0.39, 0.29) is 11.6 Å². The Morgan fingerprint density at radius 2 is 1.74 bits per heavy atom. The summed E-state index contributed by atoms with van der Waals surface area (Å²) in [5.74, 6) is 1.08. The molecule has 1 heterocycles. The molecule has 0 aromatic heterocycles. The normalized spacial score (nSPS) is 14.3. The molecular formula is C23H30N4O4. The number of nitro benzene ring substituents is 1. The molecule has 0 saturated carbocycles. The van der Waals surface area contributed by atoms with Crippen molar-refractivity contribution in [3.63, 3.8) is 0 Å². The Bertz CT molecular complexity index is 847. The van der Waals surface area contributed by atoms with E-state index in [0.29, 0.717) is 19.6 Å². The van der Waals surface area contributed by atoms with E-state index < -0.39 is 4.92 Å². The molecule has 1 amide bonds. The smallest absolute Gasteiger partial charge is 0.269 e. The number of carbonyl (C=O) groups is 1. The van der Waals surface area contributed by atoms with Crippen molar-refractivity contribution in [3.05, 3.63) is 64.2 Å². The molecule has 8 nitrogen and oxygen atoms in total. The largest absolute Gasteiger partial charge is 0.494 e. The van der Waals surface area contributed by atoms with Crippen molar-refractivity contribution in [2.24, 2.45) is 0 Å². The number of amides is 1. The minimum Gasteiger partial charge on any atom is -0.494 e. The van der Waals surface area contributed by atoms with E-state index in [2.05, 4.69) is 22.3 Å². The minimum atomic E-state index is -0.416. The lowest BCUT2D eigenvalue weighted by molar-refractivity contribution is -0.384. The first-order chi connectivity index (χ1) is 15.0. The van der Waals surface area contributed by atoms with Crippen molar-refractivity contribution >= 4 is 17.3 Å². The molecule has 0 unspecified atom stereocenters. The van der Waals surface area contributed by atoms with Crippen LogP contribution in [0.5, 0.6) is 5.75 Å². The van der Waals surface area contributed by atoms with E-state index in [1.807, 2.05) is 24.0 Å². The quantitative estimate of drug-likeness (QED) is 0.355. The molecule has 0 bridgehead atoms. The fourth-order valence-corrected chi connectivity index (χ4v) is 3.60. The molecule has 8 heteroatoms. The monoisotopic (exact) mass is 426 g/mol. The average molecular weight is 427 g/mol. The van der Waals surface area contributed by atoms with Gasteiger partial charge in [0, 0.05) is 63.5 Å². The SMILES string of the molecule is CCOc1ccc(CN2CCN(C(=O)CCCNc3ccc([N+](=O)[O-])cc3)CC2)cc1. The number of rotatable bonds is 10. The predicted octanol–water partition coefficient (Wildman–Crippen LogP) is 3.53. The second-order valence-corrected chi connectivity index (χ2v) is 7.57. The second-order valence-electron chi connectivity index (χ2n) is 7.57. The van der Waals surface area contributed by atoms with Crippen LogP contribution in [0.3, 0.4) is 0 Å². The van der Waals surface area contributed by atoms with Crippen LogP contribution < -0.4 is 10.1 Å². The molecule has 1 aliphatic rings. The van der Waals surface area contributed by atoms with Crippen LogP contribution in [0, 0.1) is 10.1 Å². The standard InChI is InChI=1S/C23H30N4O4/c1-2-31-22-11-5-19(6-12-22)18-25-14-16-26(17-15-25)23(28)4-3-13-24-20-7-9-21(10-8-20)27(29)30/h5-12,24H,2-4,13-18H2,1H3. The van der Waals surface area contributed by atoms with E-state index in [1.54, 1.807) is 12.1 Å². The van der Waals surface area contributed by atoms with Crippen molar-refractivity contribution in [2.75, 3.05) is 44.6 Å². The Labute approximate surface area is 182 Å². The lowest BCUT2D eigenvalue weighted by Gasteiger charge is -2.35. The van der Waals surface area contributed by atoms with Crippen LogP contribution in [0.25, 0.3) is 0 Å². The van der Waals surface area contributed by atoms with E-state index in [1.165, 1.54) is 17.7 Å². The van der Waals surface area contributed by atoms with E-state index in [0.717, 1.165) is 50.6 Å². The maximum Gasteiger partial charge on any atom is 0.269 e. The third kappa shape index (κ3) is 6.96. The van der Waals surface area contributed by atoms with Crippen LogP contribution in [0.1, 0.15) is 25.3 Å². The number of benzene rings is 2. The summed E-state index contributed by atoms with van der Waals surface area (Å²) in [6, 6.07) is 14.5. The summed E-state index contributed by atoms with van der Waals surface area (Å²) in [6.45, 7) is 7.44. The van der Waals surface area contributed by atoms with Crippen molar-refractivity contribution < 1.29 is 14.5 Å². The Morgan fingerprint density at radius 3 is 2.35 bits per heavy atom. The molecule has 0 aliphatic carbocycles. The summed E-state index contributed by atoms with van der Waals surface area (Å²) in [6.07, 6.45) is 1.22. The number of non-ortho nitro benzene ring substituents is 1. The highest BCUT2D eigenvalue weighted by molar-refractivity contribution is 5.76. The van der Waals surface area contributed by atoms with Gasteiger partial charge in [0.25, 0.3) is 5.69 Å². The molecule has 0 radical (unpaired) electrons. The first-order valence-electron chi connectivity index (χ1n) is 10.8. The highest BCUT2D eigenvalue weighted by Crippen LogP contribution is 2.16. The Kier molecular flexibility index (Phi) is 8.23. The molecule has 3 rings (SSSR count). The van der Waals surface area contributed by atoms with Gasteiger partial charge in [0.2, 0.25) is 5.91 Å². The fourth-order valence-electron chi connectivity index (χ4n) is 3.60. The van der Waals surface area contributed by atoms with E-state index in [4.69, 9.17) is 4.74 Å². The van der Waals surface area contributed by atoms with Crippen molar-refractivity contribution in [3.8, 4) is 5.75 Å². The molecule has 2 aromatic rings. The Balaban J connectivity index is 1.33. The van der Waals surface area contributed by atoms with Gasteiger partial charge in [0.15, 0.2) is 0 Å². The van der Waals surface area contributed by atoms with Gasteiger partial charge in [-0.25, -0.2) is 0 Å². The summed E-state index contributed by atoms with van der Waals surface area (Å²) < 4.78 is 5.48. The summed E-state index contributed by atoms with van der Waals surface area (Å²) >= 11 is 0. The maximum absolute atomic E-state index is 12.5. The van der Waals surface area contributed by atoms with Crippen LogP contribution in [0.4, 0.5) is 11.4 Å². The molecule has 1 N–H and O–H groups in total. The zero-order valence-electron chi connectivity index (χ0n) is 18.0. The van der Waals surface area contributed by atoms with Crippen LogP contribution in [0.15, 0.2) is 48.5 Å². The second kappa shape index (κ2) is 11.3. The zero-order valence-corrected chi connectivity index (χ0v) is 18.0. The molecule has 1 aliphatic heterocycles. The zero-order chi connectivity index (χ0) is 22.1. The Hall–Kier alpha value is -3.13. The summed E-state index contributed by atoms with van der Waals surface area (Å²) in [5.41, 5.74) is 2.14. The predicted molar refractivity (Wildman–Crippen MR) is 120 cm³/mol. The van der Waals surface area contributed by atoms with Gasteiger partial charge in [0.05, 0.1) is 11.5 Å². The molecule has 31 heavy (non-hydrogen) atoms. The third-order valence-electron chi connectivity index (χ3n) is 5.34. The molecule has 0 spiro atoms. The van der Waals surface area contributed by atoms with Crippen LogP contribution >= 0.6 is 0 Å². The topological polar surface area (TPSA) is 88.0 Å². The first-order valence-corrected chi connectivity index (χ1v) is 10.8. The summed E-state index contributed by atoms with van der Waals surface area (Å²) in [5, 5.41) is 13.9. The lowest BCUT2D eigenvalue weighted by atomic mass is 10.2. The first kappa shape index (κ1) is 22.6. The average Bonchev–Trinajstić information content (AvgIpc) is 2.79. The Morgan fingerprint density at radius 1 is 1.06 bits per heavy atom. The van der Waals surface area contributed by atoms with Gasteiger partial charge >= 0.3 is 0 Å². The van der Waals surface area contributed by atoms with Crippen molar-refractivity contribution in [2.45, 2.75) is 26.3 Å². The molecule has 2 aromatic carbocycles. The van der Waals surface area contributed by atoms with Crippen LogP contribution in [-0.2, 0) is 11.3 Å². The number of nitro groups is 1. The van der Waals surface area contributed by atoms with Gasteiger partial charge < -0.3 is 15.0 Å². The van der Waals surface area contributed by atoms with Gasteiger partial charge in [-0.2, -0.15) is 0 Å². The van der Waals surface area contributed by atoms with Gasteiger partial charge in [-0.15, -0.1) is 0 Å². The molecular weight excluding hydrogens is 396 g/mol.